The number of carbonyl (C=O) groups is 2. The highest BCUT2D eigenvalue weighted by atomic mass is 16.2. The number of amides is 2. The zero-order chi connectivity index (χ0) is 12.7. The van der Waals surface area contributed by atoms with Crippen molar-refractivity contribution in [2.24, 2.45) is 5.92 Å². The highest BCUT2D eigenvalue weighted by Crippen LogP contribution is 1.97. The summed E-state index contributed by atoms with van der Waals surface area (Å²) >= 11 is 0. The van der Waals surface area contributed by atoms with E-state index in [1.54, 1.807) is 0 Å². The predicted molar refractivity (Wildman–Crippen MR) is 66.5 cm³/mol. The number of hydrogen-bond donors (Lipinski definition) is 2. The van der Waals surface area contributed by atoms with Crippen LogP contribution in [0.3, 0.4) is 0 Å². The molecular weight excluding hydrogens is 216 g/mol. The van der Waals surface area contributed by atoms with E-state index in [0.717, 1.165) is 5.56 Å². The topological polar surface area (TPSA) is 58.2 Å². The molecule has 0 aromatic heterocycles. The fraction of sp³-hybridized carbons (Fsp3) is 0.385. The first-order chi connectivity index (χ1) is 8.09. The quantitative estimate of drug-likeness (QED) is 0.814. The van der Waals surface area contributed by atoms with Crippen molar-refractivity contribution in [1.82, 2.24) is 10.6 Å². The Balaban J connectivity index is 2.24. The van der Waals surface area contributed by atoms with Crippen molar-refractivity contribution in [3.63, 3.8) is 0 Å². The normalized spacial score (nSPS) is 10.1. The van der Waals surface area contributed by atoms with Gasteiger partial charge >= 0.3 is 6.03 Å². The van der Waals surface area contributed by atoms with E-state index in [9.17, 15) is 9.59 Å². The van der Waals surface area contributed by atoms with Gasteiger partial charge in [0.05, 0.1) is 6.54 Å². The van der Waals surface area contributed by atoms with Crippen molar-refractivity contribution in [3.05, 3.63) is 35.9 Å². The minimum atomic E-state index is -0.317. The molecular formula is C13H18N2O2. The number of Topliss-reactive ketones (excluding diaryl/α,β-unsaturated/α-hetero) is 1. The molecule has 17 heavy (non-hydrogen) atoms. The molecule has 0 atom stereocenters. The molecule has 0 bridgehead atoms. The SMILES string of the molecule is CC(C)C(=O)CNC(=O)NCc1ccccc1. The van der Waals surface area contributed by atoms with Crippen LogP contribution in [0.4, 0.5) is 4.79 Å². The average Bonchev–Trinajstić information content (AvgIpc) is 2.34. The lowest BCUT2D eigenvalue weighted by Gasteiger charge is -2.08. The molecule has 0 aliphatic rings. The maximum Gasteiger partial charge on any atom is 0.315 e. The van der Waals surface area contributed by atoms with Crippen molar-refractivity contribution in [1.29, 1.82) is 0 Å². The molecule has 0 fully saturated rings. The maximum absolute atomic E-state index is 11.4. The molecule has 2 N–H and O–H groups in total. The van der Waals surface area contributed by atoms with Gasteiger partial charge in [-0.05, 0) is 5.56 Å². The monoisotopic (exact) mass is 234 g/mol. The van der Waals surface area contributed by atoms with Crippen molar-refractivity contribution in [2.75, 3.05) is 6.54 Å². The van der Waals surface area contributed by atoms with Gasteiger partial charge < -0.3 is 10.6 Å². The highest BCUT2D eigenvalue weighted by molar-refractivity contribution is 5.86. The molecule has 2 amide bonds. The third kappa shape index (κ3) is 5.15. The van der Waals surface area contributed by atoms with Gasteiger partial charge in [-0.1, -0.05) is 44.2 Å². The molecule has 92 valence electrons. The Bertz CT molecular complexity index is 374. The van der Waals surface area contributed by atoms with Crippen molar-refractivity contribution in [2.45, 2.75) is 20.4 Å². The Labute approximate surface area is 101 Å². The molecule has 1 aromatic carbocycles. The van der Waals surface area contributed by atoms with E-state index in [-0.39, 0.29) is 24.3 Å². The highest BCUT2D eigenvalue weighted by Gasteiger charge is 2.08. The Hall–Kier alpha value is -1.84. The van der Waals surface area contributed by atoms with Crippen molar-refractivity contribution < 1.29 is 9.59 Å². The second-order valence-corrected chi connectivity index (χ2v) is 4.14. The predicted octanol–water partition coefficient (Wildman–Crippen LogP) is 1.71. The van der Waals surface area contributed by atoms with E-state index >= 15 is 0 Å². The third-order valence-electron chi connectivity index (χ3n) is 2.36. The van der Waals surface area contributed by atoms with Crippen molar-refractivity contribution in [3.8, 4) is 0 Å². The zero-order valence-corrected chi connectivity index (χ0v) is 10.2. The summed E-state index contributed by atoms with van der Waals surface area (Å²) in [4.78, 5) is 22.6. The second-order valence-electron chi connectivity index (χ2n) is 4.14. The fourth-order valence-corrected chi connectivity index (χ4v) is 1.21. The number of carbonyl (C=O) groups excluding carboxylic acids is 2. The van der Waals surface area contributed by atoms with Gasteiger partial charge in [0.15, 0.2) is 5.78 Å². The summed E-state index contributed by atoms with van der Waals surface area (Å²) in [5.41, 5.74) is 1.03. The van der Waals surface area contributed by atoms with Crippen LogP contribution < -0.4 is 10.6 Å². The molecule has 0 aliphatic carbocycles. The van der Waals surface area contributed by atoms with Crippen LogP contribution in [0, 0.1) is 5.92 Å². The maximum atomic E-state index is 11.4. The van der Waals surface area contributed by atoms with E-state index in [2.05, 4.69) is 10.6 Å². The van der Waals surface area contributed by atoms with Gasteiger partial charge in [0.1, 0.15) is 0 Å². The Morgan fingerprint density at radius 2 is 1.76 bits per heavy atom. The molecule has 4 nitrogen and oxygen atoms in total. The first-order valence-corrected chi connectivity index (χ1v) is 5.68. The molecule has 0 saturated heterocycles. The molecule has 0 aliphatic heterocycles. The summed E-state index contributed by atoms with van der Waals surface area (Å²) in [6, 6.07) is 9.29. The number of hydrogen-bond acceptors (Lipinski definition) is 2. The second kappa shape index (κ2) is 6.68. The molecule has 0 spiro atoms. The van der Waals surface area contributed by atoms with Gasteiger partial charge in [-0.2, -0.15) is 0 Å². The van der Waals surface area contributed by atoms with Gasteiger partial charge in [0.2, 0.25) is 0 Å². The van der Waals surface area contributed by atoms with E-state index in [1.807, 2.05) is 44.2 Å². The molecule has 4 heteroatoms. The largest absolute Gasteiger partial charge is 0.334 e. The number of ketones is 1. The van der Waals surface area contributed by atoms with E-state index in [1.165, 1.54) is 0 Å². The standard InChI is InChI=1S/C13H18N2O2/c1-10(2)12(16)9-15-13(17)14-8-11-6-4-3-5-7-11/h3-7,10H,8-9H2,1-2H3,(H2,14,15,17). The molecule has 0 radical (unpaired) electrons. The first-order valence-electron chi connectivity index (χ1n) is 5.68. The van der Waals surface area contributed by atoms with Crippen LogP contribution in [0.15, 0.2) is 30.3 Å². The fourth-order valence-electron chi connectivity index (χ4n) is 1.21. The summed E-state index contributed by atoms with van der Waals surface area (Å²) < 4.78 is 0. The first kappa shape index (κ1) is 13.2. The molecule has 0 unspecified atom stereocenters. The molecule has 0 saturated carbocycles. The summed E-state index contributed by atoms with van der Waals surface area (Å²) in [5.74, 6) is -0.0238. The van der Waals surface area contributed by atoms with Crippen LogP contribution in [0.2, 0.25) is 0 Å². The lowest BCUT2D eigenvalue weighted by Crippen LogP contribution is -2.39. The zero-order valence-electron chi connectivity index (χ0n) is 10.2. The van der Waals surface area contributed by atoms with Gasteiger partial charge in [-0.15, -0.1) is 0 Å². The molecule has 1 rings (SSSR count). The van der Waals surface area contributed by atoms with Gasteiger partial charge in [-0.3, -0.25) is 4.79 Å². The van der Waals surface area contributed by atoms with E-state index in [0.29, 0.717) is 6.54 Å². The lowest BCUT2D eigenvalue weighted by molar-refractivity contribution is -0.120. The van der Waals surface area contributed by atoms with Crippen LogP contribution in [0.5, 0.6) is 0 Å². The van der Waals surface area contributed by atoms with Crippen LogP contribution in [-0.2, 0) is 11.3 Å². The van der Waals surface area contributed by atoms with Crippen LogP contribution in [0.1, 0.15) is 19.4 Å². The van der Waals surface area contributed by atoms with Crippen LogP contribution >= 0.6 is 0 Å². The number of benzene rings is 1. The van der Waals surface area contributed by atoms with Gasteiger partial charge in [0.25, 0.3) is 0 Å². The smallest absolute Gasteiger partial charge is 0.315 e. The van der Waals surface area contributed by atoms with Gasteiger partial charge in [-0.25, -0.2) is 4.79 Å². The van der Waals surface area contributed by atoms with Crippen LogP contribution in [-0.4, -0.2) is 18.4 Å². The minimum Gasteiger partial charge on any atom is -0.334 e. The number of rotatable bonds is 5. The summed E-state index contributed by atoms with van der Waals surface area (Å²) in [6.07, 6.45) is 0. The third-order valence-corrected chi connectivity index (χ3v) is 2.36. The lowest BCUT2D eigenvalue weighted by atomic mass is 10.1. The Morgan fingerprint density at radius 3 is 2.35 bits per heavy atom. The minimum absolute atomic E-state index is 0.0276. The molecule has 0 heterocycles. The Morgan fingerprint density at radius 1 is 1.12 bits per heavy atom. The average molecular weight is 234 g/mol. The van der Waals surface area contributed by atoms with Gasteiger partial charge in [0, 0.05) is 12.5 Å². The summed E-state index contributed by atoms with van der Waals surface area (Å²) in [7, 11) is 0. The number of urea groups is 1. The van der Waals surface area contributed by atoms with Crippen LogP contribution in [0.25, 0.3) is 0 Å². The molecule has 1 aromatic rings. The van der Waals surface area contributed by atoms with Crippen molar-refractivity contribution >= 4 is 11.8 Å². The van der Waals surface area contributed by atoms with E-state index < -0.39 is 0 Å². The summed E-state index contributed by atoms with van der Waals surface area (Å²) in [6.45, 7) is 4.17. The number of nitrogens with one attached hydrogen (secondary N) is 2. The Kier molecular flexibility index (Phi) is 5.20. The van der Waals surface area contributed by atoms with E-state index in [4.69, 9.17) is 0 Å². The summed E-state index contributed by atoms with van der Waals surface area (Å²) in [5, 5.41) is 5.23.